The molecule has 1 aromatic carbocycles. The molecule has 0 aliphatic carbocycles. The molecule has 120 valence electrons. The second kappa shape index (κ2) is 7.84. The minimum absolute atomic E-state index is 0.0232. The van der Waals surface area contributed by atoms with E-state index in [9.17, 15) is 9.59 Å². The maximum atomic E-state index is 11.8. The molecule has 0 unspecified atom stereocenters. The number of hydrogen-bond acceptors (Lipinski definition) is 4. The fourth-order valence-electron chi connectivity index (χ4n) is 1.64. The topological polar surface area (TPSA) is 71.8 Å². The number of nitrogens with one attached hydrogen (secondary N) is 1. The monoisotopic (exact) mass is 314 g/mol. The van der Waals surface area contributed by atoms with Gasteiger partial charge in [0.2, 0.25) is 5.91 Å². The average molecular weight is 314 g/mol. The minimum atomic E-state index is -0.266. The number of furan rings is 1. The first-order chi connectivity index (χ1) is 11.0. The van der Waals surface area contributed by atoms with Gasteiger partial charge >= 0.3 is 0 Å². The highest BCUT2D eigenvalue weighted by Gasteiger charge is 2.05. The van der Waals surface area contributed by atoms with Gasteiger partial charge in [-0.05, 0) is 42.5 Å². The van der Waals surface area contributed by atoms with Crippen LogP contribution in [-0.2, 0) is 9.59 Å². The van der Waals surface area contributed by atoms with Gasteiger partial charge in [-0.3, -0.25) is 9.59 Å². The van der Waals surface area contributed by atoms with E-state index in [0.29, 0.717) is 17.2 Å². The summed E-state index contributed by atoms with van der Waals surface area (Å²) in [5, 5.41) is 2.72. The summed E-state index contributed by atoms with van der Waals surface area (Å²) < 4.78 is 10.5. The third kappa shape index (κ3) is 5.35. The van der Waals surface area contributed by atoms with Crippen LogP contribution in [0.3, 0.4) is 0 Å². The van der Waals surface area contributed by atoms with Crippen molar-refractivity contribution in [3.63, 3.8) is 0 Å². The Bertz CT molecular complexity index is 673. The van der Waals surface area contributed by atoms with Crippen molar-refractivity contribution in [3.05, 3.63) is 54.5 Å². The van der Waals surface area contributed by atoms with E-state index in [1.54, 1.807) is 56.6 Å². The Kier molecular flexibility index (Phi) is 5.57. The number of hydrogen-bond donors (Lipinski definition) is 1. The molecule has 1 N–H and O–H groups in total. The number of carbonyl (C=O) groups excluding carboxylic acids is 2. The highest BCUT2D eigenvalue weighted by molar-refractivity contribution is 6.01. The van der Waals surface area contributed by atoms with Gasteiger partial charge in [0.25, 0.3) is 5.91 Å². The Morgan fingerprint density at radius 2 is 1.96 bits per heavy atom. The van der Waals surface area contributed by atoms with E-state index >= 15 is 0 Å². The molecule has 2 rings (SSSR count). The van der Waals surface area contributed by atoms with E-state index in [1.807, 2.05) is 0 Å². The van der Waals surface area contributed by atoms with E-state index in [0.717, 1.165) is 0 Å². The van der Waals surface area contributed by atoms with Crippen molar-refractivity contribution in [2.45, 2.75) is 0 Å². The molecule has 0 radical (unpaired) electrons. The summed E-state index contributed by atoms with van der Waals surface area (Å²) >= 11 is 0. The molecule has 0 aliphatic rings. The smallest absolute Gasteiger partial charge is 0.259 e. The number of rotatable bonds is 6. The Labute approximate surface area is 134 Å². The first kappa shape index (κ1) is 16.4. The van der Waals surface area contributed by atoms with Crippen LogP contribution in [0.2, 0.25) is 0 Å². The first-order valence-electron chi connectivity index (χ1n) is 7.00. The molecule has 0 saturated heterocycles. The van der Waals surface area contributed by atoms with Crippen LogP contribution in [-0.4, -0.2) is 37.4 Å². The van der Waals surface area contributed by atoms with Gasteiger partial charge in [-0.2, -0.15) is 0 Å². The van der Waals surface area contributed by atoms with Gasteiger partial charge in [-0.15, -0.1) is 0 Å². The quantitative estimate of drug-likeness (QED) is 0.831. The molecule has 6 nitrogen and oxygen atoms in total. The summed E-state index contributed by atoms with van der Waals surface area (Å²) in [6.07, 6.45) is 4.51. The predicted octanol–water partition coefficient (Wildman–Crippen LogP) is 2.40. The molecule has 0 aliphatic heterocycles. The normalized spacial score (nSPS) is 10.5. The number of carbonyl (C=O) groups is 2. The molecule has 0 atom stereocenters. The van der Waals surface area contributed by atoms with Gasteiger partial charge in [0.1, 0.15) is 11.5 Å². The molecule has 0 saturated carbocycles. The standard InChI is InChI=1S/C17H18N2O4/c1-19(2)17(21)12-23-15-7-5-13(6-8-15)18-16(20)10-9-14-4-3-11-22-14/h3-11H,12H2,1-2H3,(H,18,20)/b10-9+. The van der Waals surface area contributed by atoms with E-state index in [-0.39, 0.29) is 18.4 Å². The maximum absolute atomic E-state index is 11.8. The molecule has 1 heterocycles. The van der Waals surface area contributed by atoms with Gasteiger partial charge < -0.3 is 19.4 Å². The van der Waals surface area contributed by atoms with E-state index < -0.39 is 0 Å². The zero-order valence-electron chi connectivity index (χ0n) is 13.0. The average Bonchev–Trinajstić information content (AvgIpc) is 3.05. The van der Waals surface area contributed by atoms with Crippen molar-refractivity contribution in [1.82, 2.24) is 4.90 Å². The summed E-state index contributed by atoms with van der Waals surface area (Å²) in [5.74, 6) is 0.780. The van der Waals surface area contributed by atoms with Crippen LogP contribution in [0.4, 0.5) is 5.69 Å². The second-order valence-corrected chi connectivity index (χ2v) is 4.94. The van der Waals surface area contributed by atoms with Gasteiger partial charge in [0.05, 0.1) is 6.26 Å². The van der Waals surface area contributed by atoms with Crippen molar-refractivity contribution >= 4 is 23.6 Å². The lowest BCUT2D eigenvalue weighted by Crippen LogP contribution is -2.27. The highest BCUT2D eigenvalue weighted by atomic mass is 16.5. The van der Waals surface area contributed by atoms with Gasteiger partial charge in [0, 0.05) is 25.9 Å². The SMILES string of the molecule is CN(C)C(=O)COc1ccc(NC(=O)/C=C/c2ccco2)cc1. The third-order valence-corrected chi connectivity index (χ3v) is 2.93. The molecule has 6 heteroatoms. The van der Waals surface area contributed by atoms with Gasteiger partial charge in [0.15, 0.2) is 6.61 Å². The van der Waals surface area contributed by atoms with E-state index in [2.05, 4.69) is 5.32 Å². The fraction of sp³-hybridized carbons (Fsp3) is 0.176. The molecule has 0 fully saturated rings. The number of anilines is 1. The minimum Gasteiger partial charge on any atom is -0.484 e. The summed E-state index contributed by atoms with van der Waals surface area (Å²) in [4.78, 5) is 24.6. The molecule has 23 heavy (non-hydrogen) atoms. The zero-order valence-corrected chi connectivity index (χ0v) is 13.0. The molecule has 0 spiro atoms. The summed E-state index contributed by atoms with van der Waals surface area (Å²) in [5.41, 5.74) is 0.630. The van der Waals surface area contributed by atoms with Crippen molar-refractivity contribution in [2.75, 3.05) is 26.0 Å². The Morgan fingerprint density at radius 1 is 1.22 bits per heavy atom. The van der Waals surface area contributed by atoms with E-state index in [1.165, 1.54) is 17.2 Å². The summed E-state index contributed by atoms with van der Waals surface area (Å²) in [7, 11) is 3.33. The van der Waals surface area contributed by atoms with Crippen molar-refractivity contribution < 1.29 is 18.7 Å². The van der Waals surface area contributed by atoms with Crippen LogP contribution < -0.4 is 10.1 Å². The van der Waals surface area contributed by atoms with Crippen molar-refractivity contribution in [3.8, 4) is 5.75 Å². The van der Waals surface area contributed by atoms with Crippen LogP contribution in [0.25, 0.3) is 6.08 Å². The molecule has 0 bridgehead atoms. The molecule has 1 aromatic heterocycles. The molecular weight excluding hydrogens is 296 g/mol. The summed E-state index contributed by atoms with van der Waals surface area (Å²) in [6.45, 7) is -0.0232. The Morgan fingerprint density at radius 3 is 2.57 bits per heavy atom. The third-order valence-electron chi connectivity index (χ3n) is 2.93. The van der Waals surface area contributed by atoms with E-state index in [4.69, 9.17) is 9.15 Å². The van der Waals surface area contributed by atoms with Crippen LogP contribution in [0.15, 0.2) is 53.2 Å². The predicted molar refractivity (Wildman–Crippen MR) is 87.0 cm³/mol. The first-order valence-corrected chi connectivity index (χ1v) is 7.00. The summed E-state index contributed by atoms with van der Waals surface area (Å²) in [6, 6.07) is 10.3. The highest BCUT2D eigenvalue weighted by Crippen LogP contribution is 2.16. The van der Waals surface area contributed by atoms with Gasteiger partial charge in [-0.1, -0.05) is 0 Å². The second-order valence-electron chi connectivity index (χ2n) is 4.94. The Balaban J connectivity index is 1.84. The Hall–Kier alpha value is -3.02. The number of ether oxygens (including phenoxy) is 1. The lowest BCUT2D eigenvalue weighted by atomic mass is 10.3. The number of benzene rings is 1. The molecule has 2 amide bonds. The molecular formula is C17H18N2O4. The van der Waals surface area contributed by atoms with Crippen LogP contribution in [0.5, 0.6) is 5.75 Å². The zero-order chi connectivity index (χ0) is 16.7. The van der Waals surface area contributed by atoms with Crippen molar-refractivity contribution in [1.29, 1.82) is 0 Å². The lowest BCUT2D eigenvalue weighted by molar-refractivity contribution is -0.130. The number of amides is 2. The van der Waals surface area contributed by atoms with Crippen LogP contribution in [0, 0.1) is 0 Å². The van der Waals surface area contributed by atoms with Crippen molar-refractivity contribution in [2.24, 2.45) is 0 Å². The van der Waals surface area contributed by atoms with Crippen LogP contribution >= 0.6 is 0 Å². The number of nitrogens with zero attached hydrogens (tertiary/aromatic N) is 1. The van der Waals surface area contributed by atoms with Crippen LogP contribution in [0.1, 0.15) is 5.76 Å². The number of likely N-dealkylation sites (N-methyl/N-ethyl adjacent to an activating group) is 1. The largest absolute Gasteiger partial charge is 0.484 e. The van der Waals surface area contributed by atoms with Gasteiger partial charge in [-0.25, -0.2) is 0 Å². The maximum Gasteiger partial charge on any atom is 0.259 e. The lowest BCUT2D eigenvalue weighted by Gasteiger charge is -2.11. The molecule has 2 aromatic rings. The fourth-order valence-corrected chi connectivity index (χ4v) is 1.64.